The van der Waals surface area contributed by atoms with Gasteiger partial charge in [0.05, 0.1) is 5.54 Å². The van der Waals surface area contributed by atoms with E-state index in [1.54, 1.807) is 0 Å². The molecule has 0 fully saturated rings. The molecule has 0 saturated heterocycles. The van der Waals surface area contributed by atoms with Crippen LogP contribution in [-0.2, 0) is 5.54 Å². The van der Waals surface area contributed by atoms with E-state index < -0.39 is 5.54 Å². The van der Waals surface area contributed by atoms with Crippen LogP contribution in [0, 0.1) is 5.41 Å². The highest BCUT2D eigenvalue weighted by Crippen LogP contribution is 2.58. The van der Waals surface area contributed by atoms with E-state index in [1.165, 1.54) is 11.1 Å². The van der Waals surface area contributed by atoms with Crippen LogP contribution >= 0.6 is 0 Å². The van der Waals surface area contributed by atoms with Crippen molar-refractivity contribution in [2.45, 2.75) is 32.2 Å². The Morgan fingerprint density at radius 2 is 1.55 bits per heavy atom. The molecule has 0 spiro atoms. The normalized spacial score (nSPS) is 27.3. The second-order valence-electron chi connectivity index (χ2n) is 6.46. The van der Waals surface area contributed by atoms with Crippen LogP contribution in [0.3, 0.4) is 0 Å². The molecule has 1 aliphatic carbocycles. The van der Waals surface area contributed by atoms with Crippen molar-refractivity contribution in [1.82, 2.24) is 0 Å². The topological polar surface area (TPSA) is 52.0 Å². The number of hydrogen-bond donors (Lipinski definition) is 2. The number of hydrogen-bond acceptors (Lipinski definition) is 2. The third-order valence-corrected chi connectivity index (χ3v) is 5.32. The Kier molecular flexibility index (Phi) is 2.70. The summed E-state index contributed by atoms with van der Waals surface area (Å²) < 4.78 is 0. The van der Waals surface area contributed by atoms with Crippen molar-refractivity contribution in [3.8, 4) is 0 Å². The highest BCUT2D eigenvalue weighted by atomic mass is 14.8. The molecule has 2 heteroatoms. The van der Waals surface area contributed by atoms with Gasteiger partial charge in [0.1, 0.15) is 0 Å². The first-order valence-corrected chi connectivity index (χ1v) is 7.13. The average Bonchev–Trinajstić information content (AvgIpc) is 2.60. The molecule has 0 saturated carbocycles. The fourth-order valence-electron chi connectivity index (χ4n) is 3.58. The summed E-state index contributed by atoms with van der Waals surface area (Å²) in [4.78, 5) is 0. The maximum absolute atomic E-state index is 6.97. The van der Waals surface area contributed by atoms with Crippen LogP contribution in [0.15, 0.2) is 48.5 Å². The van der Waals surface area contributed by atoms with Crippen molar-refractivity contribution in [2.24, 2.45) is 11.1 Å². The SMILES string of the molecule is CC1c2ccccc2C(N)(c2ccc(N)cc2)C1(C)C. The van der Waals surface area contributed by atoms with Crippen molar-refractivity contribution >= 4 is 5.69 Å². The van der Waals surface area contributed by atoms with Gasteiger partial charge in [0.25, 0.3) is 0 Å². The fraction of sp³-hybridized carbons (Fsp3) is 0.333. The van der Waals surface area contributed by atoms with Crippen LogP contribution in [0.2, 0.25) is 0 Å². The summed E-state index contributed by atoms with van der Waals surface area (Å²) in [6, 6.07) is 16.5. The van der Waals surface area contributed by atoms with Gasteiger partial charge in [0.15, 0.2) is 0 Å². The van der Waals surface area contributed by atoms with E-state index in [9.17, 15) is 0 Å². The summed E-state index contributed by atoms with van der Waals surface area (Å²) in [6.07, 6.45) is 0. The van der Waals surface area contributed by atoms with Gasteiger partial charge in [-0.25, -0.2) is 0 Å². The van der Waals surface area contributed by atoms with Gasteiger partial charge >= 0.3 is 0 Å². The van der Waals surface area contributed by atoms with Crippen LogP contribution in [0.25, 0.3) is 0 Å². The maximum atomic E-state index is 6.97. The van der Waals surface area contributed by atoms with Crippen LogP contribution in [0.4, 0.5) is 5.69 Å². The lowest BCUT2D eigenvalue weighted by atomic mass is 9.66. The lowest BCUT2D eigenvalue weighted by Gasteiger charge is -2.42. The Morgan fingerprint density at radius 1 is 0.950 bits per heavy atom. The van der Waals surface area contributed by atoms with E-state index in [-0.39, 0.29) is 5.41 Å². The molecule has 2 aromatic rings. The second kappa shape index (κ2) is 4.10. The minimum atomic E-state index is -0.475. The lowest BCUT2D eigenvalue weighted by Crippen LogP contribution is -2.48. The molecule has 0 bridgehead atoms. The minimum Gasteiger partial charge on any atom is -0.399 e. The van der Waals surface area contributed by atoms with E-state index in [0.717, 1.165) is 11.3 Å². The quantitative estimate of drug-likeness (QED) is 0.775. The predicted molar refractivity (Wildman–Crippen MR) is 84.5 cm³/mol. The van der Waals surface area contributed by atoms with Crippen LogP contribution in [0.5, 0.6) is 0 Å². The molecule has 0 aromatic heterocycles. The van der Waals surface area contributed by atoms with Gasteiger partial charge in [-0.1, -0.05) is 57.2 Å². The van der Waals surface area contributed by atoms with Crippen molar-refractivity contribution in [3.05, 3.63) is 65.2 Å². The summed E-state index contributed by atoms with van der Waals surface area (Å²) in [5, 5.41) is 0. The van der Waals surface area contributed by atoms with E-state index in [2.05, 4.69) is 57.2 Å². The molecule has 104 valence electrons. The number of benzene rings is 2. The number of anilines is 1. The Labute approximate surface area is 120 Å². The summed E-state index contributed by atoms with van der Waals surface area (Å²) >= 11 is 0. The zero-order chi connectivity index (χ0) is 14.5. The number of rotatable bonds is 1. The number of fused-ring (bicyclic) bond motifs is 1. The van der Waals surface area contributed by atoms with E-state index in [1.807, 2.05) is 12.1 Å². The molecular formula is C18H22N2. The van der Waals surface area contributed by atoms with Crippen LogP contribution in [0.1, 0.15) is 43.4 Å². The van der Waals surface area contributed by atoms with Crippen molar-refractivity contribution in [1.29, 1.82) is 0 Å². The molecule has 0 radical (unpaired) electrons. The first kappa shape index (κ1) is 13.2. The number of nitrogens with two attached hydrogens (primary N) is 2. The van der Waals surface area contributed by atoms with E-state index in [4.69, 9.17) is 11.5 Å². The molecular weight excluding hydrogens is 244 g/mol. The molecule has 0 heterocycles. The Morgan fingerprint density at radius 3 is 2.20 bits per heavy atom. The monoisotopic (exact) mass is 266 g/mol. The average molecular weight is 266 g/mol. The van der Waals surface area contributed by atoms with Gasteiger partial charge in [0, 0.05) is 5.69 Å². The highest BCUT2D eigenvalue weighted by Gasteiger charge is 2.54. The predicted octanol–water partition coefficient (Wildman–Crippen LogP) is 3.61. The molecule has 3 rings (SSSR count). The second-order valence-corrected chi connectivity index (χ2v) is 6.46. The highest BCUT2D eigenvalue weighted by molar-refractivity contribution is 5.54. The van der Waals surface area contributed by atoms with Crippen molar-refractivity contribution in [3.63, 3.8) is 0 Å². The van der Waals surface area contributed by atoms with Crippen molar-refractivity contribution < 1.29 is 0 Å². The van der Waals surface area contributed by atoms with Gasteiger partial charge in [-0.2, -0.15) is 0 Å². The van der Waals surface area contributed by atoms with Gasteiger partial charge in [0.2, 0.25) is 0 Å². The van der Waals surface area contributed by atoms with E-state index >= 15 is 0 Å². The van der Waals surface area contributed by atoms with Crippen LogP contribution < -0.4 is 11.5 Å². The molecule has 4 N–H and O–H groups in total. The Bertz CT molecular complexity index is 643. The zero-order valence-electron chi connectivity index (χ0n) is 12.4. The summed E-state index contributed by atoms with van der Waals surface area (Å²) in [6.45, 7) is 6.78. The molecule has 2 atom stereocenters. The van der Waals surface area contributed by atoms with Gasteiger partial charge in [-0.3, -0.25) is 0 Å². The molecule has 20 heavy (non-hydrogen) atoms. The molecule has 0 amide bonds. The fourth-order valence-corrected chi connectivity index (χ4v) is 3.58. The third-order valence-electron chi connectivity index (χ3n) is 5.32. The van der Waals surface area contributed by atoms with Gasteiger partial charge < -0.3 is 11.5 Å². The summed E-state index contributed by atoms with van der Waals surface area (Å²) in [5.41, 5.74) is 16.8. The first-order chi connectivity index (χ1) is 9.39. The lowest BCUT2D eigenvalue weighted by molar-refractivity contribution is 0.198. The third kappa shape index (κ3) is 1.49. The molecule has 2 nitrogen and oxygen atoms in total. The summed E-state index contributed by atoms with van der Waals surface area (Å²) in [7, 11) is 0. The van der Waals surface area contributed by atoms with E-state index in [0.29, 0.717) is 5.92 Å². The van der Waals surface area contributed by atoms with Crippen LogP contribution in [-0.4, -0.2) is 0 Å². The Balaban J connectivity index is 2.27. The molecule has 1 aliphatic rings. The van der Waals surface area contributed by atoms with Crippen molar-refractivity contribution in [2.75, 3.05) is 5.73 Å². The zero-order valence-corrected chi connectivity index (χ0v) is 12.4. The van der Waals surface area contributed by atoms with Gasteiger partial charge in [-0.05, 0) is 40.2 Å². The Hall–Kier alpha value is -1.80. The molecule has 2 aromatic carbocycles. The first-order valence-electron chi connectivity index (χ1n) is 7.13. The minimum absolute atomic E-state index is 0.0488. The largest absolute Gasteiger partial charge is 0.399 e. The molecule has 0 aliphatic heterocycles. The number of nitrogen functional groups attached to an aromatic ring is 1. The molecule has 2 unspecified atom stereocenters. The smallest absolute Gasteiger partial charge is 0.0725 e. The standard InChI is InChI=1S/C18H22N2/c1-12-15-6-4-5-7-16(15)18(20,17(12,2)3)13-8-10-14(19)11-9-13/h4-12H,19-20H2,1-3H3. The maximum Gasteiger partial charge on any atom is 0.0725 e. The van der Waals surface area contributed by atoms with Gasteiger partial charge in [-0.15, -0.1) is 0 Å². The summed E-state index contributed by atoms with van der Waals surface area (Å²) in [5.74, 6) is 0.418.